The number of hydrogen-bond acceptors (Lipinski definition) is 5. The Morgan fingerprint density at radius 2 is 2.00 bits per heavy atom. The summed E-state index contributed by atoms with van der Waals surface area (Å²) in [7, 11) is 0. The molecule has 0 aliphatic carbocycles. The highest BCUT2D eigenvalue weighted by Crippen LogP contribution is 2.36. The van der Waals surface area contributed by atoms with E-state index in [1.54, 1.807) is 30.3 Å². The van der Waals surface area contributed by atoms with Crippen LogP contribution in [0.25, 0.3) is 0 Å². The third kappa shape index (κ3) is 2.12. The van der Waals surface area contributed by atoms with Crippen LogP contribution in [0.2, 0.25) is 5.15 Å². The van der Waals surface area contributed by atoms with E-state index in [9.17, 15) is 0 Å². The average Bonchev–Trinajstić information content (AvgIpc) is 2.74. The Hall–Kier alpha value is -2.14. The number of ether oxygens (including phenoxy) is 3. The summed E-state index contributed by atoms with van der Waals surface area (Å²) in [5.41, 5.74) is 6.15. The first-order valence-electron chi connectivity index (χ1n) is 5.21. The zero-order valence-corrected chi connectivity index (χ0v) is 9.98. The van der Waals surface area contributed by atoms with Gasteiger partial charge < -0.3 is 19.9 Å². The van der Waals surface area contributed by atoms with Crippen molar-refractivity contribution in [3.8, 4) is 23.1 Å². The van der Waals surface area contributed by atoms with E-state index in [0.29, 0.717) is 28.8 Å². The molecule has 0 spiro atoms. The van der Waals surface area contributed by atoms with Gasteiger partial charge in [0.25, 0.3) is 0 Å². The Morgan fingerprint density at radius 1 is 1.17 bits per heavy atom. The van der Waals surface area contributed by atoms with Gasteiger partial charge in [0.15, 0.2) is 11.5 Å². The maximum Gasteiger partial charge on any atom is 0.231 e. The Kier molecular flexibility index (Phi) is 2.60. The molecule has 6 heteroatoms. The maximum atomic E-state index is 5.79. The van der Waals surface area contributed by atoms with E-state index in [-0.39, 0.29) is 11.9 Å². The molecule has 0 fully saturated rings. The van der Waals surface area contributed by atoms with Crippen LogP contribution in [0.4, 0.5) is 5.69 Å². The highest BCUT2D eigenvalue weighted by atomic mass is 35.5. The number of pyridine rings is 1. The Balaban J connectivity index is 1.88. The van der Waals surface area contributed by atoms with E-state index in [4.69, 9.17) is 31.5 Å². The SMILES string of the molecule is Nc1cc(Cl)nc(Oc2ccc3c(c2)OCO3)c1. The summed E-state index contributed by atoms with van der Waals surface area (Å²) in [6.07, 6.45) is 0. The molecule has 0 saturated heterocycles. The van der Waals surface area contributed by atoms with E-state index in [1.165, 1.54) is 0 Å². The molecule has 0 atom stereocenters. The van der Waals surface area contributed by atoms with Crippen molar-refractivity contribution in [2.45, 2.75) is 0 Å². The largest absolute Gasteiger partial charge is 0.454 e. The first kappa shape index (κ1) is 11.0. The average molecular weight is 265 g/mol. The molecule has 1 aliphatic rings. The van der Waals surface area contributed by atoms with Crippen molar-refractivity contribution in [1.82, 2.24) is 4.98 Å². The fraction of sp³-hybridized carbons (Fsp3) is 0.0833. The smallest absolute Gasteiger partial charge is 0.231 e. The molecule has 2 N–H and O–H groups in total. The first-order chi connectivity index (χ1) is 8.70. The molecule has 0 unspecified atom stereocenters. The van der Waals surface area contributed by atoms with Crippen molar-refractivity contribution in [2.24, 2.45) is 0 Å². The minimum Gasteiger partial charge on any atom is -0.454 e. The van der Waals surface area contributed by atoms with Gasteiger partial charge in [-0.15, -0.1) is 0 Å². The Bertz CT molecular complexity index is 584. The van der Waals surface area contributed by atoms with Crippen LogP contribution < -0.4 is 19.9 Å². The van der Waals surface area contributed by atoms with Crippen molar-refractivity contribution < 1.29 is 14.2 Å². The van der Waals surface area contributed by atoms with Crippen molar-refractivity contribution in [3.63, 3.8) is 0 Å². The number of rotatable bonds is 2. The molecule has 92 valence electrons. The van der Waals surface area contributed by atoms with Crippen LogP contribution in [0.5, 0.6) is 23.1 Å². The maximum absolute atomic E-state index is 5.79. The van der Waals surface area contributed by atoms with E-state index in [1.807, 2.05) is 0 Å². The zero-order valence-electron chi connectivity index (χ0n) is 9.22. The summed E-state index contributed by atoms with van der Waals surface area (Å²) in [6.45, 7) is 0.223. The van der Waals surface area contributed by atoms with Gasteiger partial charge in [-0.25, -0.2) is 4.98 Å². The number of nitrogens with zero attached hydrogens (tertiary/aromatic N) is 1. The Morgan fingerprint density at radius 3 is 2.83 bits per heavy atom. The van der Waals surface area contributed by atoms with E-state index < -0.39 is 0 Å². The van der Waals surface area contributed by atoms with Crippen LogP contribution in [0.1, 0.15) is 0 Å². The van der Waals surface area contributed by atoms with Gasteiger partial charge >= 0.3 is 0 Å². The number of halogens is 1. The van der Waals surface area contributed by atoms with Gasteiger partial charge in [-0.3, -0.25) is 0 Å². The second-order valence-electron chi connectivity index (χ2n) is 3.68. The van der Waals surface area contributed by atoms with Gasteiger partial charge in [0, 0.05) is 17.8 Å². The van der Waals surface area contributed by atoms with Gasteiger partial charge in [0.05, 0.1) is 0 Å². The minimum atomic E-state index is 0.223. The summed E-state index contributed by atoms with van der Waals surface area (Å²) in [5, 5.41) is 0.283. The summed E-state index contributed by atoms with van der Waals surface area (Å²) in [5.74, 6) is 2.25. The highest BCUT2D eigenvalue weighted by molar-refractivity contribution is 6.29. The quantitative estimate of drug-likeness (QED) is 0.845. The van der Waals surface area contributed by atoms with Crippen molar-refractivity contribution >= 4 is 17.3 Å². The molecule has 2 aromatic rings. The summed E-state index contributed by atoms with van der Waals surface area (Å²) in [4.78, 5) is 4.01. The first-order valence-corrected chi connectivity index (χ1v) is 5.59. The predicted molar refractivity (Wildman–Crippen MR) is 66.3 cm³/mol. The highest BCUT2D eigenvalue weighted by Gasteiger charge is 2.14. The molecule has 1 aromatic heterocycles. The van der Waals surface area contributed by atoms with Crippen LogP contribution in [-0.2, 0) is 0 Å². The fourth-order valence-corrected chi connectivity index (χ4v) is 1.81. The van der Waals surface area contributed by atoms with Crippen molar-refractivity contribution in [2.75, 3.05) is 12.5 Å². The van der Waals surface area contributed by atoms with Crippen LogP contribution in [0.15, 0.2) is 30.3 Å². The van der Waals surface area contributed by atoms with Crippen molar-refractivity contribution in [1.29, 1.82) is 0 Å². The molecule has 5 nitrogen and oxygen atoms in total. The standard InChI is InChI=1S/C12H9ClN2O3/c13-11-3-7(14)4-12(15-11)18-8-1-2-9-10(5-8)17-6-16-9/h1-5H,6H2,(H2,14,15). The predicted octanol–water partition coefficient (Wildman–Crippen LogP) is 2.84. The number of benzene rings is 1. The van der Waals surface area contributed by atoms with Gasteiger partial charge in [-0.2, -0.15) is 0 Å². The monoisotopic (exact) mass is 264 g/mol. The minimum absolute atomic E-state index is 0.223. The third-order valence-electron chi connectivity index (χ3n) is 2.36. The summed E-state index contributed by atoms with van der Waals surface area (Å²) < 4.78 is 16.0. The molecule has 2 heterocycles. The summed E-state index contributed by atoms with van der Waals surface area (Å²) >= 11 is 5.79. The van der Waals surface area contributed by atoms with Crippen LogP contribution in [0.3, 0.4) is 0 Å². The molecular weight excluding hydrogens is 256 g/mol. The van der Waals surface area contributed by atoms with Crippen LogP contribution in [0, 0.1) is 0 Å². The molecule has 0 radical (unpaired) electrons. The Labute approximate surface area is 108 Å². The molecule has 0 amide bonds. The van der Waals surface area contributed by atoms with E-state index >= 15 is 0 Å². The van der Waals surface area contributed by atoms with Crippen molar-refractivity contribution in [3.05, 3.63) is 35.5 Å². The molecule has 0 saturated carbocycles. The molecule has 3 rings (SSSR count). The number of hydrogen-bond donors (Lipinski definition) is 1. The number of nitrogens with two attached hydrogens (primary N) is 1. The van der Waals surface area contributed by atoms with Gasteiger partial charge in [0.1, 0.15) is 10.9 Å². The van der Waals surface area contributed by atoms with Gasteiger partial charge in [0.2, 0.25) is 12.7 Å². The van der Waals surface area contributed by atoms with Gasteiger partial charge in [-0.05, 0) is 18.2 Å². The third-order valence-corrected chi connectivity index (χ3v) is 2.55. The van der Waals surface area contributed by atoms with E-state index in [0.717, 1.165) is 0 Å². The second kappa shape index (κ2) is 4.27. The molecule has 1 aliphatic heterocycles. The molecule has 1 aromatic carbocycles. The number of aromatic nitrogens is 1. The molecular formula is C12H9ClN2O3. The number of anilines is 1. The molecule has 0 bridgehead atoms. The lowest BCUT2D eigenvalue weighted by molar-refractivity contribution is 0.174. The lowest BCUT2D eigenvalue weighted by Gasteiger charge is -2.06. The van der Waals surface area contributed by atoms with Gasteiger partial charge in [-0.1, -0.05) is 11.6 Å². The van der Waals surface area contributed by atoms with E-state index in [2.05, 4.69) is 4.98 Å². The topological polar surface area (TPSA) is 66.6 Å². The summed E-state index contributed by atoms with van der Waals surface area (Å²) in [6, 6.07) is 8.39. The lowest BCUT2D eigenvalue weighted by Crippen LogP contribution is -1.93. The molecule has 18 heavy (non-hydrogen) atoms. The normalized spacial score (nSPS) is 12.5. The zero-order chi connectivity index (χ0) is 12.5. The van der Waals surface area contributed by atoms with Crippen LogP contribution in [-0.4, -0.2) is 11.8 Å². The fourth-order valence-electron chi connectivity index (χ4n) is 1.60. The van der Waals surface area contributed by atoms with Crippen LogP contribution >= 0.6 is 11.6 Å². The number of nitrogen functional groups attached to an aromatic ring is 1. The number of fused-ring (bicyclic) bond motifs is 1. The second-order valence-corrected chi connectivity index (χ2v) is 4.07. The lowest BCUT2D eigenvalue weighted by atomic mass is 10.3.